The monoisotopic (exact) mass is 213 g/mol. The molecule has 0 saturated heterocycles. The van der Waals surface area contributed by atoms with E-state index in [1.165, 1.54) is 38.5 Å². The summed E-state index contributed by atoms with van der Waals surface area (Å²) in [7, 11) is 0. The van der Waals surface area contributed by atoms with Crippen LogP contribution < -0.4 is 5.32 Å². The summed E-state index contributed by atoms with van der Waals surface area (Å²) in [6.07, 6.45) is 8.13. The molecule has 0 saturated carbocycles. The molecule has 0 aliphatic heterocycles. The molecule has 0 bridgehead atoms. The Hall–Kier alpha value is -0.0400. The first-order chi connectivity index (χ1) is 6.99. The zero-order valence-corrected chi connectivity index (χ0v) is 11.5. The molecule has 0 fully saturated rings. The van der Waals surface area contributed by atoms with Crippen LogP contribution in [0.15, 0.2) is 0 Å². The number of nitrogens with one attached hydrogen (secondary N) is 1. The second-order valence-corrected chi connectivity index (χ2v) is 5.85. The highest BCUT2D eigenvalue weighted by molar-refractivity contribution is 4.71. The summed E-state index contributed by atoms with van der Waals surface area (Å²) in [6.45, 7) is 12.6. The molecule has 0 aromatic rings. The molecule has 0 aliphatic carbocycles. The van der Waals surface area contributed by atoms with Crippen molar-refractivity contribution in [3.63, 3.8) is 0 Å². The Morgan fingerprint density at radius 2 is 1.67 bits per heavy atom. The van der Waals surface area contributed by atoms with E-state index >= 15 is 0 Å². The Morgan fingerprint density at radius 1 is 1.00 bits per heavy atom. The van der Waals surface area contributed by atoms with Gasteiger partial charge in [-0.3, -0.25) is 0 Å². The largest absolute Gasteiger partial charge is 0.314 e. The first kappa shape index (κ1) is 15.0. The lowest BCUT2D eigenvalue weighted by atomic mass is 9.87. The highest BCUT2D eigenvalue weighted by atomic mass is 14.9. The molecular weight excluding hydrogens is 182 g/mol. The van der Waals surface area contributed by atoms with E-state index < -0.39 is 0 Å². The van der Waals surface area contributed by atoms with Crippen LogP contribution in [0.5, 0.6) is 0 Å². The van der Waals surface area contributed by atoms with E-state index in [2.05, 4.69) is 39.9 Å². The van der Waals surface area contributed by atoms with Gasteiger partial charge in [0.2, 0.25) is 0 Å². The average molecular weight is 213 g/mol. The predicted octanol–water partition coefficient (Wildman–Crippen LogP) is 4.37. The number of unbranched alkanes of at least 4 members (excludes halogenated alkanes) is 2. The van der Waals surface area contributed by atoms with Crippen LogP contribution in [0.25, 0.3) is 0 Å². The van der Waals surface area contributed by atoms with Crippen LogP contribution in [0.4, 0.5) is 0 Å². The lowest BCUT2D eigenvalue weighted by molar-refractivity contribution is 0.321. The van der Waals surface area contributed by atoms with E-state index in [-0.39, 0.29) is 0 Å². The van der Waals surface area contributed by atoms with E-state index in [1.807, 2.05) is 0 Å². The molecule has 15 heavy (non-hydrogen) atoms. The van der Waals surface area contributed by atoms with Gasteiger partial charge >= 0.3 is 0 Å². The minimum absolute atomic E-state index is 0.485. The Balaban J connectivity index is 3.72. The smallest absolute Gasteiger partial charge is 0.00671 e. The van der Waals surface area contributed by atoms with E-state index in [1.54, 1.807) is 0 Å². The summed E-state index contributed by atoms with van der Waals surface area (Å²) < 4.78 is 0. The summed E-state index contributed by atoms with van der Waals surface area (Å²) in [5.41, 5.74) is 0.485. The summed E-state index contributed by atoms with van der Waals surface area (Å²) >= 11 is 0. The van der Waals surface area contributed by atoms with Gasteiger partial charge in [0.1, 0.15) is 0 Å². The molecule has 0 amide bonds. The summed E-state index contributed by atoms with van der Waals surface area (Å²) in [4.78, 5) is 0. The third kappa shape index (κ3) is 10.2. The van der Waals surface area contributed by atoms with Crippen LogP contribution in [0.3, 0.4) is 0 Å². The van der Waals surface area contributed by atoms with Gasteiger partial charge in [0.15, 0.2) is 0 Å². The molecule has 1 N–H and O–H groups in total. The lowest BCUT2D eigenvalue weighted by Gasteiger charge is -2.23. The maximum absolute atomic E-state index is 3.61. The standard InChI is InChI=1S/C14H31N/c1-6-8-9-10-13(15-7-2)11-12-14(3,4)5/h13,15H,6-12H2,1-5H3. The molecule has 0 aromatic carbocycles. The van der Waals surface area contributed by atoms with Crippen LogP contribution in [0.1, 0.15) is 73.1 Å². The maximum Gasteiger partial charge on any atom is 0.00671 e. The second-order valence-electron chi connectivity index (χ2n) is 5.85. The van der Waals surface area contributed by atoms with Crippen LogP contribution in [-0.2, 0) is 0 Å². The molecular formula is C14H31N. The number of rotatable bonds is 8. The van der Waals surface area contributed by atoms with Gasteiger partial charge in [-0.15, -0.1) is 0 Å². The normalized spacial score (nSPS) is 14.2. The van der Waals surface area contributed by atoms with E-state index in [0.29, 0.717) is 5.41 Å². The van der Waals surface area contributed by atoms with Gasteiger partial charge in [0, 0.05) is 6.04 Å². The number of hydrogen-bond donors (Lipinski definition) is 1. The van der Waals surface area contributed by atoms with Crippen molar-refractivity contribution < 1.29 is 0 Å². The molecule has 1 nitrogen and oxygen atoms in total. The van der Waals surface area contributed by atoms with Crippen molar-refractivity contribution in [2.45, 2.75) is 79.2 Å². The summed E-state index contributed by atoms with van der Waals surface area (Å²) in [5, 5.41) is 3.61. The fourth-order valence-corrected chi connectivity index (χ4v) is 1.89. The van der Waals surface area contributed by atoms with Gasteiger partial charge in [-0.05, 0) is 31.2 Å². The molecule has 1 unspecified atom stereocenters. The van der Waals surface area contributed by atoms with Gasteiger partial charge in [0.25, 0.3) is 0 Å². The van der Waals surface area contributed by atoms with E-state index in [9.17, 15) is 0 Å². The fraction of sp³-hybridized carbons (Fsp3) is 1.00. The van der Waals surface area contributed by atoms with Gasteiger partial charge in [-0.25, -0.2) is 0 Å². The molecule has 1 heteroatoms. The van der Waals surface area contributed by atoms with E-state index in [0.717, 1.165) is 12.6 Å². The Kier molecular flexibility index (Phi) is 8.13. The van der Waals surface area contributed by atoms with Crippen molar-refractivity contribution in [3.05, 3.63) is 0 Å². The molecule has 0 spiro atoms. The summed E-state index contributed by atoms with van der Waals surface area (Å²) in [5.74, 6) is 0. The quantitative estimate of drug-likeness (QED) is 0.590. The fourth-order valence-electron chi connectivity index (χ4n) is 1.89. The van der Waals surface area contributed by atoms with Crippen molar-refractivity contribution in [2.24, 2.45) is 5.41 Å². The first-order valence-corrected chi connectivity index (χ1v) is 6.73. The van der Waals surface area contributed by atoms with Crippen molar-refractivity contribution in [1.82, 2.24) is 5.32 Å². The van der Waals surface area contributed by atoms with Crippen LogP contribution in [0, 0.1) is 5.41 Å². The highest BCUT2D eigenvalue weighted by Gasteiger charge is 2.14. The molecule has 0 aliphatic rings. The Bertz CT molecular complexity index is 135. The molecule has 0 rings (SSSR count). The topological polar surface area (TPSA) is 12.0 Å². The minimum Gasteiger partial charge on any atom is -0.314 e. The molecule has 1 atom stereocenters. The first-order valence-electron chi connectivity index (χ1n) is 6.73. The van der Waals surface area contributed by atoms with Crippen LogP contribution in [-0.4, -0.2) is 12.6 Å². The van der Waals surface area contributed by atoms with Crippen LogP contribution in [0.2, 0.25) is 0 Å². The zero-order valence-electron chi connectivity index (χ0n) is 11.5. The predicted molar refractivity (Wildman–Crippen MR) is 70.3 cm³/mol. The van der Waals surface area contributed by atoms with Crippen molar-refractivity contribution in [2.75, 3.05) is 6.54 Å². The maximum atomic E-state index is 3.61. The average Bonchev–Trinajstić information content (AvgIpc) is 2.13. The SMILES string of the molecule is CCCCCC(CCC(C)(C)C)NCC. The van der Waals surface area contributed by atoms with Crippen molar-refractivity contribution in [1.29, 1.82) is 0 Å². The van der Waals surface area contributed by atoms with Gasteiger partial charge in [0.05, 0.1) is 0 Å². The zero-order chi connectivity index (χ0) is 11.7. The molecule has 0 aromatic heterocycles. The van der Waals surface area contributed by atoms with Crippen molar-refractivity contribution in [3.8, 4) is 0 Å². The minimum atomic E-state index is 0.485. The molecule has 92 valence electrons. The third-order valence-electron chi connectivity index (χ3n) is 2.89. The Labute approximate surface area is 97.0 Å². The lowest BCUT2D eigenvalue weighted by Crippen LogP contribution is -2.30. The number of hydrogen-bond acceptors (Lipinski definition) is 1. The van der Waals surface area contributed by atoms with Gasteiger partial charge in [-0.2, -0.15) is 0 Å². The van der Waals surface area contributed by atoms with Gasteiger partial charge in [-0.1, -0.05) is 53.9 Å². The highest BCUT2D eigenvalue weighted by Crippen LogP contribution is 2.22. The van der Waals surface area contributed by atoms with Crippen molar-refractivity contribution >= 4 is 0 Å². The Morgan fingerprint density at radius 3 is 2.13 bits per heavy atom. The third-order valence-corrected chi connectivity index (χ3v) is 2.89. The van der Waals surface area contributed by atoms with Crippen LogP contribution >= 0.6 is 0 Å². The summed E-state index contributed by atoms with van der Waals surface area (Å²) in [6, 6.07) is 0.751. The molecule has 0 radical (unpaired) electrons. The van der Waals surface area contributed by atoms with E-state index in [4.69, 9.17) is 0 Å². The second kappa shape index (κ2) is 8.15. The molecule has 0 heterocycles. The van der Waals surface area contributed by atoms with Gasteiger partial charge < -0.3 is 5.32 Å².